The SMILES string of the molecule is Cn1ccc(=O)c(OCc2ccccc2)c1C(=O)N1CCCC1c1cccnc1. The lowest BCUT2D eigenvalue weighted by atomic mass is 10.1. The van der Waals surface area contributed by atoms with Gasteiger partial charge in [0.2, 0.25) is 5.43 Å². The van der Waals surface area contributed by atoms with Gasteiger partial charge in [0.15, 0.2) is 11.4 Å². The smallest absolute Gasteiger partial charge is 0.275 e. The van der Waals surface area contributed by atoms with Crippen LogP contribution >= 0.6 is 0 Å². The number of ether oxygens (including phenoxy) is 1. The summed E-state index contributed by atoms with van der Waals surface area (Å²) >= 11 is 0. The molecule has 1 aliphatic heterocycles. The molecule has 1 aromatic carbocycles. The third-order valence-electron chi connectivity index (χ3n) is 5.25. The molecule has 6 heteroatoms. The van der Waals surface area contributed by atoms with Crippen LogP contribution in [0.25, 0.3) is 0 Å². The number of pyridine rings is 2. The Kier molecular flexibility index (Phi) is 5.42. The molecule has 4 rings (SSSR count). The van der Waals surface area contributed by atoms with Crippen LogP contribution in [0.4, 0.5) is 0 Å². The fourth-order valence-corrected chi connectivity index (χ4v) is 3.79. The Morgan fingerprint density at radius 1 is 1.17 bits per heavy atom. The lowest BCUT2D eigenvalue weighted by Gasteiger charge is -2.26. The number of likely N-dealkylation sites (tertiary alicyclic amines) is 1. The summed E-state index contributed by atoms with van der Waals surface area (Å²) in [7, 11) is 1.76. The van der Waals surface area contributed by atoms with Gasteiger partial charge in [0.05, 0.1) is 6.04 Å². The van der Waals surface area contributed by atoms with E-state index in [1.165, 1.54) is 6.07 Å². The zero-order chi connectivity index (χ0) is 20.2. The van der Waals surface area contributed by atoms with Gasteiger partial charge in [0.25, 0.3) is 5.91 Å². The second-order valence-electron chi connectivity index (χ2n) is 7.19. The third-order valence-corrected chi connectivity index (χ3v) is 5.25. The third kappa shape index (κ3) is 3.92. The fourth-order valence-electron chi connectivity index (χ4n) is 3.79. The van der Waals surface area contributed by atoms with Crippen LogP contribution in [-0.4, -0.2) is 26.9 Å². The van der Waals surface area contributed by atoms with Gasteiger partial charge in [-0.05, 0) is 30.0 Å². The quantitative estimate of drug-likeness (QED) is 0.671. The summed E-state index contributed by atoms with van der Waals surface area (Å²) in [5, 5.41) is 0. The van der Waals surface area contributed by atoms with Crippen molar-refractivity contribution in [1.82, 2.24) is 14.5 Å². The van der Waals surface area contributed by atoms with Gasteiger partial charge < -0.3 is 14.2 Å². The average Bonchev–Trinajstić information content (AvgIpc) is 3.25. The molecule has 148 valence electrons. The Balaban J connectivity index is 1.66. The Morgan fingerprint density at radius 2 is 2.00 bits per heavy atom. The maximum atomic E-state index is 13.5. The van der Waals surface area contributed by atoms with E-state index >= 15 is 0 Å². The molecule has 3 aromatic rings. The summed E-state index contributed by atoms with van der Waals surface area (Å²) < 4.78 is 7.53. The van der Waals surface area contributed by atoms with Crippen LogP contribution in [-0.2, 0) is 13.7 Å². The molecule has 29 heavy (non-hydrogen) atoms. The lowest BCUT2D eigenvalue weighted by molar-refractivity contribution is 0.0718. The van der Waals surface area contributed by atoms with Gasteiger partial charge in [0, 0.05) is 38.2 Å². The second kappa shape index (κ2) is 8.31. The van der Waals surface area contributed by atoms with Crippen LogP contribution in [0.5, 0.6) is 5.75 Å². The van der Waals surface area contributed by atoms with E-state index in [4.69, 9.17) is 4.74 Å². The number of aryl methyl sites for hydroxylation is 1. The molecule has 1 aliphatic rings. The molecule has 1 amide bonds. The molecule has 0 N–H and O–H groups in total. The molecule has 0 radical (unpaired) electrons. The Hall–Kier alpha value is -3.41. The van der Waals surface area contributed by atoms with E-state index in [0.717, 1.165) is 24.0 Å². The molecular weight excluding hydrogens is 366 g/mol. The van der Waals surface area contributed by atoms with Gasteiger partial charge >= 0.3 is 0 Å². The minimum absolute atomic E-state index is 0.0477. The van der Waals surface area contributed by atoms with Crippen molar-refractivity contribution in [3.63, 3.8) is 0 Å². The molecule has 0 spiro atoms. The maximum absolute atomic E-state index is 13.5. The van der Waals surface area contributed by atoms with Crippen molar-refractivity contribution in [3.8, 4) is 5.75 Å². The van der Waals surface area contributed by atoms with Crippen molar-refractivity contribution in [1.29, 1.82) is 0 Å². The normalized spacial score (nSPS) is 16.0. The first-order valence-electron chi connectivity index (χ1n) is 9.72. The highest BCUT2D eigenvalue weighted by Crippen LogP contribution is 2.33. The van der Waals surface area contributed by atoms with Crippen molar-refractivity contribution in [2.24, 2.45) is 7.05 Å². The topological polar surface area (TPSA) is 64.4 Å². The van der Waals surface area contributed by atoms with Crippen molar-refractivity contribution >= 4 is 5.91 Å². The maximum Gasteiger partial charge on any atom is 0.275 e. The van der Waals surface area contributed by atoms with Crippen LogP contribution in [0.15, 0.2) is 71.9 Å². The van der Waals surface area contributed by atoms with Gasteiger partial charge in [-0.3, -0.25) is 14.6 Å². The van der Waals surface area contributed by atoms with Crippen molar-refractivity contribution in [2.75, 3.05) is 6.54 Å². The minimum atomic E-state index is -0.292. The summed E-state index contributed by atoms with van der Waals surface area (Å²) in [4.78, 5) is 32.1. The van der Waals surface area contributed by atoms with Gasteiger partial charge in [-0.1, -0.05) is 36.4 Å². The number of hydrogen-bond donors (Lipinski definition) is 0. The van der Waals surface area contributed by atoms with Crippen LogP contribution in [0.1, 0.15) is 40.5 Å². The molecule has 0 saturated carbocycles. The predicted molar refractivity (Wildman–Crippen MR) is 110 cm³/mol. The van der Waals surface area contributed by atoms with E-state index < -0.39 is 0 Å². The van der Waals surface area contributed by atoms with Crippen molar-refractivity contribution in [2.45, 2.75) is 25.5 Å². The van der Waals surface area contributed by atoms with E-state index in [1.807, 2.05) is 47.4 Å². The first kappa shape index (κ1) is 18.9. The number of carbonyl (C=O) groups is 1. The molecule has 1 unspecified atom stereocenters. The highest BCUT2D eigenvalue weighted by Gasteiger charge is 2.33. The number of amides is 1. The number of benzene rings is 1. The van der Waals surface area contributed by atoms with Gasteiger partial charge in [0.1, 0.15) is 6.61 Å². The number of rotatable bonds is 5. The number of nitrogens with zero attached hydrogens (tertiary/aromatic N) is 3. The zero-order valence-electron chi connectivity index (χ0n) is 16.3. The molecule has 0 aliphatic carbocycles. The highest BCUT2D eigenvalue weighted by molar-refractivity contribution is 5.95. The van der Waals surface area contributed by atoms with Crippen LogP contribution in [0.3, 0.4) is 0 Å². The summed E-state index contributed by atoms with van der Waals surface area (Å²) in [6.07, 6.45) is 6.92. The van der Waals surface area contributed by atoms with Crippen LogP contribution in [0.2, 0.25) is 0 Å². The van der Waals surface area contributed by atoms with Crippen molar-refractivity contribution < 1.29 is 9.53 Å². The molecule has 6 nitrogen and oxygen atoms in total. The Morgan fingerprint density at radius 3 is 2.76 bits per heavy atom. The number of aromatic nitrogens is 2. The van der Waals surface area contributed by atoms with Crippen LogP contribution < -0.4 is 10.2 Å². The van der Waals surface area contributed by atoms with Gasteiger partial charge in [-0.15, -0.1) is 0 Å². The van der Waals surface area contributed by atoms with Gasteiger partial charge in [-0.2, -0.15) is 0 Å². The zero-order valence-corrected chi connectivity index (χ0v) is 16.3. The van der Waals surface area contributed by atoms with Crippen LogP contribution in [0, 0.1) is 0 Å². The molecule has 1 atom stereocenters. The van der Waals surface area contributed by atoms with E-state index in [0.29, 0.717) is 6.54 Å². The fraction of sp³-hybridized carbons (Fsp3) is 0.261. The second-order valence-corrected chi connectivity index (χ2v) is 7.19. The Labute approximate surface area is 169 Å². The van der Waals surface area contributed by atoms with E-state index in [-0.39, 0.29) is 35.4 Å². The summed E-state index contributed by atoms with van der Waals surface area (Å²) in [5.41, 5.74) is 1.93. The van der Waals surface area contributed by atoms with E-state index in [2.05, 4.69) is 4.98 Å². The summed E-state index contributed by atoms with van der Waals surface area (Å²) in [6.45, 7) is 0.867. The number of hydrogen-bond acceptors (Lipinski definition) is 4. The first-order valence-corrected chi connectivity index (χ1v) is 9.72. The highest BCUT2D eigenvalue weighted by atomic mass is 16.5. The monoisotopic (exact) mass is 389 g/mol. The molecule has 1 fully saturated rings. The van der Waals surface area contributed by atoms with E-state index in [9.17, 15) is 9.59 Å². The molecule has 2 aromatic heterocycles. The average molecular weight is 389 g/mol. The minimum Gasteiger partial charge on any atom is -0.483 e. The van der Waals surface area contributed by atoms with Gasteiger partial charge in [-0.25, -0.2) is 0 Å². The first-order chi connectivity index (χ1) is 14.1. The summed E-state index contributed by atoms with van der Waals surface area (Å²) in [6, 6.07) is 14.8. The number of carbonyl (C=O) groups excluding carboxylic acids is 1. The summed E-state index contributed by atoms with van der Waals surface area (Å²) in [5.74, 6) is -0.0969. The Bertz CT molecular complexity index is 1050. The largest absolute Gasteiger partial charge is 0.483 e. The van der Waals surface area contributed by atoms with E-state index in [1.54, 1.807) is 30.2 Å². The predicted octanol–water partition coefficient (Wildman–Crippen LogP) is 3.34. The molecule has 1 saturated heterocycles. The molecular formula is C23H23N3O3. The van der Waals surface area contributed by atoms with Crippen molar-refractivity contribution in [3.05, 3.63) is 94.2 Å². The lowest BCUT2D eigenvalue weighted by Crippen LogP contribution is -2.34. The molecule has 0 bridgehead atoms. The standard InChI is InChI=1S/C23H23N3O3/c1-25-14-11-20(27)22(29-16-17-7-3-2-4-8-17)21(25)23(28)26-13-6-10-19(26)18-9-5-12-24-15-18/h2-5,7-9,11-12,14-15,19H,6,10,13,16H2,1H3. The molecule has 3 heterocycles.